The summed E-state index contributed by atoms with van der Waals surface area (Å²) in [6.45, 7) is 5.31. The number of carboxylic acid groups (broad SMARTS) is 1. The minimum Gasteiger partial charge on any atom is -0.478 e. The maximum Gasteiger partial charge on any atom is 0.335 e. The fourth-order valence-corrected chi connectivity index (χ4v) is 6.85. The van der Waals surface area contributed by atoms with Crippen LogP contribution in [-0.4, -0.2) is 77.7 Å². The van der Waals surface area contributed by atoms with Gasteiger partial charge >= 0.3 is 5.97 Å². The van der Waals surface area contributed by atoms with Crippen LogP contribution in [0.25, 0.3) is 22.2 Å². The van der Waals surface area contributed by atoms with Gasteiger partial charge in [0.25, 0.3) is 0 Å². The molecular weight excluding hydrogens is 476 g/mol. The number of likely N-dealkylation sites (N-methyl/N-ethyl adjacent to an activating group) is 1. The fourth-order valence-electron chi connectivity index (χ4n) is 6.85. The first-order valence-electron chi connectivity index (χ1n) is 14.2. The summed E-state index contributed by atoms with van der Waals surface area (Å²) in [4.78, 5) is 32.0. The third-order valence-corrected chi connectivity index (χ3v) is 8.86. The average Bonchev–Trinajstić information content (AvgIpc) is 3.02. The minimum atomic E-state index is -0.897. The molecule has 0 spiro atoms. The maximum absolute atomic E-state index is 13.5. The number of carbonyl (C=O) groups is 2. The maximum atomic E-state index is 13.5. The zero-order valence-electron chi connectivity index (χ0n) is 22.4. The third kappa shape index (κ3) is 4.57. The van der Waals surface area contributed by atoms with E-state index in [-0.39, 0.29) is 5.91 Å². The van der Waals surface area contributed by atoms with Gasteiger partial charge in [0, 0.05) is 54.9 Å². The molecule has 3 aliphatic rings. The van der Waals surface area contributed by atoms with Crippen molar-refractivity contribution in [1.29, 1.82) is 0 Å². The molecule has 1 aliphatic carbocycles. The molecular formula is C31H38N4O3. The van der Waals surface area contributed by atoms with E-state index in [2.05, 4.69) is 45.7 Å². The molecule has 0 radical (unpaired) electrons. The van der Waals surface area contributed by atoms with Crippen LogP contribution >= 0.6 is 0 Å². The van der Waals surface area contributed by atoms with Crippen LogP contribution in [0.3, 0.4) is 0 Å². The first kappa shape index (κ1) is 25.0. The largest absolute Gasteiger partial charge is 0.478 e. The van der Waals surface area contributed by atoms with E-state index in [0.717, 1.165) is 49.4 Å². The molecule has 0 bridgehead atoms. The number of benzene rings is 2. The van der Waals surface area contributed by atoms with Gasteiger partial charge in [-0.05, 0) is 62.5 Å². The van der Waals surface area contributed by atoms with Crippen LogP contribution in [0.4, 0.5) is 5.69 Å². The molecule has 2 fully saturated rings. The molecule has 3 heterocycles. The number of hydrogen-bond donors (Lipinski definition) is 1. The van der Waals surface area contributed by atoms with E-state index in [9.17, 15) is 14.7 Å². The van der Waals surface area contributed by atoms with E-state index in [1.54, 1.807) is 6.07 Å². The Labute approximate surface area is 224 Å². The quantitative estimate of drug-likeness (QED) is 0.528. The zero-order valence-corrected chi connectivity index (χ0v) is 22.4. The smallest absolute Gasteiger partial charge is 0.335 e. The molecule has 1 aromatic heterocycles. The second kappa shape index (κ2) is 10.4. The van der Waals surface area contributed by atoms with Gasteiger partial charge in [0.15, 0.2) is 0 Å². The van der Waals surface area contributed by atoms with Crippen LogP contribution in [0.5, 0.6) is 0 Å². The third-order valence-electron chi connectivity index (χ3n) is 8.86. The Bertz CT molecular complexity index is 1360. The molecule has 38 heavy (non-hydrogen) atoms. The van der Waals surface area contributed by atoms with Gasteiger partial charge in [0.1, 0.15) is 0 Å². The van der Waals surface area contributed by atoms with E-state index in [1.807, 2.05) is 17.0 Å². The summed E-state index contributed by atoms with van der Waals surface area (Å²) < 4.78 is 2.34. The van der Waals surface area contributed by atoms with Crippen molar-refractivity contribution in [2.24, 2.45) is 0 Å². The van der Waals surface area contributed by atoms with Crippen molar-refractivity contribution in [2.75, 3.05) is 51.2 Å². The molecule has 0 atom stereocenters. The summed E-state index contributed by atoms with van der Waals surface area (Å²) in [5.74, 6) is -0.244. The van der Waals surface area contributed by atoms with E-state index < -0.39 is 5.97 Å². The first-order valence-corrected chi connectivity index (χ1v) is 14.2. The normalized spacial score (nSPS) is 19.1. The number of amides is 1. The monoisotopic (exact) mass is 514 g/mol. The lowest BCUT2D eigenvalue weighted by Gasteiger charge is -2.28. The number of carbonyl (C=O) groups excluding carboxylic acids is 1. The lowest BCUT2D eigenvalue weighted by Crippen LogP contribution is -2.42. The van der Waals surface area contributed by atoms with Crippen molar-refractivity contribution < 1.29 is 14.7 Å². The van der Waals surface area contributed by atoms with E-state index in [4.69, 9.17) is 0 Å². The second-order valence-corrected chi connectivity index (χ2v) is 11.3. The van der Waals surface area contributed by atoms with Crippen molar-refractivity contribution in [2.45, 2.75) is 51.0 Å². The molecule has 1 N–H and O–H groups in total. The van der Waals surface area contributed by atoms with Crippen molar-refractivity contribution in [3.8, 4) is 11.3 Å². The Kier molecular flexibility index (Phi) is 6.87. The number of hydrogen-bond acceptors (Lipinski definition) is 4. The van der Waals surface area contributed by atoms with E-state index >= 15 is 0 Å². The Balaban J connectivity index is 1.43. The van der Waals surface area contributed by atoms with Gasteiger partial charge < -0.3 is 24.4 Å². The molecule has 0 unspecified atom stereocenters. The second-order valence-electron chi connectivity index (χ2n) is 11.3. The standard InChI is InChI=1S/C31H38N4O3/c1-32-14-7-15-33(17-16-32)28(36)21-34-18-19-35-27-20-23(31(37)38)12-13-24(27)29(22-8-3-2-4-9-22)30(35)25-10-5-6-11-26(25)34/h5-6,10-13,20,22H,2-4,7-9,14-19,21H2,1H3,(H,37,38). The van der Waals surface area contributed by atoms with Gasteiger partial charge in [-0.1, -0.05) is 43.5 Å². The van der Waals surface area contributed by atoms with Crippen LogP contribution in [0.2, 0.25) is 0 Å². The summed E-state index contributed by atoms with van der Waals surface area (Å²) in [5.41, 5.74) is 6.17. The zero-order chi connectivity index (χ0) is 26.2. The van der Waals surface area contributed by atoms with Gasteiger partial charge in [-0.25, -0.2) is 4.79 Å². The van der Waals surface area contributed by atoms with E-state index in [1.165, 1.54) is 48.7 Å². The lowest BCUT2D eigenvalue weighted by molar-refractivity contribution is -0.129. The molecule has 7 nitrogen and oxygen atoms in total. The Morgan fingerprint density at radius 2 is 1.71 bits per heavy atom. The molecule has 200 valence electrons. The highest BCUT2D eigenvalue weighted by Gasteiger charge is 2.31. The first-order chi connectivity index (χ1) is 18.5. The van der Waals surface area contributed by atoms with Crippen molar-refractivity contribution in [3.63, 3.8) is 0 Å². The topological polar surface area (TPSA) is 69.0 Å². The van der Waals surface area contributed by atoms with Crippen LogP contribution in [0, 0.1) is 0 Å². The summed E-state index contributed by atoms with van der Waals surface area (Å²) in [5, 5.41) is 10.9. The molecule has 7 heteroatoms. The lowest BCUT2D eigenvalue weighted by atomic mass is 9.81. The van der Waals surface area contributed by atoms with Crippen molar-refractivity contribution >= 4 is 28.5 Å². The molecule has 2 aliphatic heterocycles. The van der Waals surface area contributed by atoms with Crippen LogP contribution in [0.15, 0.2) is 42.5 Å². The van der Waals surface area contributed by atoms with Crippen molar-refractivity contribution in [1.82, 2.24) is 14.4 Å². The molecule has 1 amide bonds. The number of rotatable bonds is 4. The van der Waals surface area contributed by atoms with Gasteiger partial charge in [-0.2, -0.15) is 0 Å². The highest BCUT2D eigenvalue weighted by molar-refractivity contribution is 6.00. The highest BCUT2D eigenvalue weighted by Crippen LogP contribution is 2.47. The average molecular weight is 515 g/mol. The SMILES string of the molecule is CN1CCCN(C(=O)CN2CCn3c(c(C4CCCCC4)c4ccc(C(=O)O)cc43)-c3ccccc32)CC1. The summed E-state index contributed by atoms with van der Waals surface area (Å²) >= 11 is 0. The van der Waals surface area contributed by atoms with Crippen LogP contribution in [0.1, 0.15) is 60.4 Å². The van der Waals surface area contributed by atoms with Crippen LogP contribution < -0.4 is 4.90 Å². The Morgan fingerprint density at radius 1 is 0.895 bits per heavy atom. The summed E-state index contributed by atoms with van der Waals surface area (Å²) in [6, 6.07) is 14.1. The number of fused-ring (bicyclic) bond motifs is 5. The number of aromatic nitrogens is 1. The van der Waals surface area contributed by atoms with Gasteiger partial charge in [0.05, 0.1) is 17.8 Å². The Morgan fingerprint density at radius 3 is 2.53 bits per heavy atom. The minimum absolute atomic E-state index is 0.187. The molecule has 1 saturated carbocycles. The number of aromatic carboxylic acids is 1. The van der Waals surface area contributed by atoms with Gasteiger partial charge in [-0.3, -0.25) is 4.79 Å². The summed E-state index contributed by atoms with van der Waals surface area (Å²) in [6.07, 6.45) is 7.09. The number of para-hydroxylation sites is 1. The number of carboxylic acids is 1. The van der Waals surface area contributed by atoms with Gasteiger partial charge in [0.2, 0.25) is 5.91 Å². The fraction of sp³-hybridized carbons (Fsp3) is 0.484. The molecule has 3 aromatic rings. The predicted octanol–water partition coefficient (Wildman–Crippen LogP) is 5.04. The number of anilines is 1. The van der Waals surface area contributed by atoms with Crippen molar-refractivity contribution in [3.05, 3.63) is 53.6 Å². The molecule has 1 saturated heterocycles. The molecule has 6 rings (SSSR count). The predicted molar refractivity (Wildman–Crippen MR) is 151 cm³/mol. The highest BCUT2D eigenvalue weighted by atomic mass is 16.4. The number of nitrogens with zero attached hydrogens (tertiary/aromatic N) is 4. The van der Waals surface area contributed by atoms with E-state index in [0.29, 0.717) is 31.1 Å². The Hall–Kier alpha value is -3.32. The van der Waals surface area contributed by atoms with Gasteiger partial charge in [-0.15, -0.1) is 0 Å². The molecule has 2 aromatic carbocycles. The summed E-state index contributed by atoms with van der Waals surface area (Å²) in [7, 11) is 2.12. The van der Waals surface area contributed by atoms with Crippen LogP contribution in [-0.2, 0) is 11.3 Å².